The van der Waals surface area contributed by atoms with E-state index in [4.69, 9.17) is 55.1 Å². The minimum Gasteiger partial charge on any atom is -0.456 e. The zero-order chi connectivity index (χ0) is 75.9. The van der Waals surface area contributed by atoms with Gasteiger partial charge in [-0.3, -0.25) is 0 Å². The number of rotatable bonds is 4. The van der Waals surface area contributed by atoms with E-state index >= 15 is 0 Å². The molecule has 0 saturated heterocycles. The molecular weight excluding hydrogens is 1330 g/mol. The summed E-state index contributed by atoms with van der Waals surface area (Å²) in [6, 6.07) is 89.8. The van der Waals surface area contributed by atoms with Crippen LogP contribution in [0, 0.1) is 0 Å². The van der Waals surface area contributed by atoms with Crippen LogP contribution in [0.1, 0.15) is 110 Å². The zero-order valence-electron chi connectivity index (χ0n) is 64.1. The lowest BCUT2D eigenvalue weighted by Crippen LogP contribution is -2.32. The van der Waals surface area contributed by atoms with Crippen molar-refractivity contribution in [1.82, 2.24) is 0 Å². The fourth-order valence-corrected chi connectivity index (χ4v) is 17.2. The molecule has 0 aromatic heterocycles. The normalized spacial score (nSPS) is 22.3. The number of nitrogens with zero attached hydrogens (tertiary/aromatic N) is 1. The van der Waals surface area contributed by atoms with E-state index in [1.54, 1.807) is 0 Å². The van der Waals surface area contributed by atoms with Gasteiger partial charge in [0, 0.05) is 40.5 Å². The first-order chi connectivity index (χ1) is 52.1. The Balaban J connectivity index is 0.000000106. The number of anilines is 2. The monoisotopic (exact) mass is 1410 g/mol. The van der Waals surface area contributed by atoms with E-state index in [1.807, 2.05) is 57.2 Å². The van der Waals surface area contributed by atoms with Crippen molar-refractivity contribution in [1.29, 1.82) is 0 Å². The Hall–Kier alpha value is -10.4. The molecule has 0 amide bonds. The van der Waals surface area contributed by atoms with Crippen LogP contribution in [0.5, 0.6) is 11.5 Å². The highest BCUT2D eigenvalue weighted by Crippen LogP contribution is 2.53. The molecule has 0 N–H and O–H groups in total. The molecule has 6 heterocycles. The number of ether oxygens (including phenoxy) is 5. The van der Waals surface area contributed by atoms with Gasteiger partial charge in [0.05, 0.1) is 44.9 Å². The van der Waals surface area contributed by atoms with Crippen LogP contribution >= 0.6 is 0 Å². The molecule has 0 saturated carbocycles. The van der Waals surface area contributed by atoms with Gasteiger partial charge in [-0.2, -0.15) is 0 Å². The number of hydrogen-bond acceptors (Lipinski definition) is 6. The summed E-state index contributed by atoms with van der Waals surface area (Å²) in [4.78, 5) is 2.26. The van der Waals surface area contributed by atoms with Crippen molar-refractivity contribution < 1.29 is 23.7 Å². The number of hydrogen-bond donors (Lipinski definition) is 0. The van der Waals surface area contributed by atoms with E-state index in [0.29, 0.717) is 0 Å². The minimum absolute atomic E-state index is 0.0306. The summed E-state index contributed by atoms with van der Waals surface area (Å²) in [5.74, 6) is 1.75. The van der Waals surface area contributed by atoms with Crippen LogP contribution in [-0.4, -0.2) is 61.3 Å². The standard InChI is InChI=1S/C26H23BO.C25H22BNO.C25H21BO.C23H19BO2/c1-17-16-26(27,28-25(17,2)3)20-12-13-23-21-10-6-4-8-18(21)14-19-9-5-7-11-22(19)24(23)15-20;1-16-15-25(26,28-17(16)2)18-12-13-24-22(14-18)20-9-5-4-8-19(20)21-10-6-7-11-23(21)27(24)3;1-16-15-25(26,27-24(16,2)3)17-12-13-22-20-10-5-4-8-18(20)19-9-6-7-11-21(19)23(22)14-17;1-14-13-23(24,26-22(14,2)3)16-10-11-19-18(12-16)17-8-4-6-15-7-5-9-20(25-19)21(15)17/h4-13,15-16H,14H2,1-3H3;4-15,17H,1-3H3;4-15H,1-3H3;4-13H,1-3H3. The van der Waals surface area contributed by atoms with E-state index in [9.17, 15) is 0 Å². The van der Waals surface area contributed by atoms with Crippen LogP contribution in [0.3, 0.4) is 0 Å². The Morgan fingerprint density at radius 2 is 0.734 bits per heavy atom. The summed E-state index contributed by atoms with van der Waals surface area (Å²) in [6.45, 7) is 22.7. The number of benzene rings is 13. The molecule has 5 atom stereocenters. The Morgan fingerprint density at radius 1 is 0.330 bits per heavy atom. The average molecular weight is 1410 g/mol. The molecule has 0 bridgehead atoms. The largest absolute Gasteiger partial charge is 0.456 e. The quantitative estimate of drug-likeness (QED) is 0.0994. The molecule has 0 fully saturated rings. The van der Waals surface area contributed by atoms with Crippen LogP contribution < -0.4 is 9.64 Å². The van der Waals surface area contributed by atoms with E-state index < -0.39 is 22.0 Å². The summed E-state index contributed by atoms with van der Waals surface area (Å²) >= 11 is 0. The molecule has 10 heteroatoms. The molecule has 13 aromatic rings. The molecule has 1 aliphatic carbocycles. The SMILES string of the molecule is [B]C1(c2ccc3c(c2)-c2cccc4cccc(c24)O3)C=C(C)C(C)(C)O1.[B]C1(c2ccc3c(c2)-c2ccccc2-c2ccccc2N3C)C=C(C)C(C)O1.[B]C1(c2ccc3c(c2)-c2ccccc2Cc2ccccc2-3)C=C(C)C(C)(C)O1.[B]C1(c2ccc3c4ccccc4c4ccccc4c3c2)C=C(C)C(C)(C)O1. The first kappa shape index (κ1) is 71.5. The average Bonchev–Trinajstić information content (AvgIpc) is 1.58. The lowest BCUT2D eigenvalue weighted by molar-refractivity contribution is -0.0306. The van der Waals surface area contributed by atoms with E-state index in [2.05, 4.69) is 310 Å². The highest BCUT2D eigenvalue weighted by Gasteiger charge is 2.44. The Morgan fingerprint density at radius 3 is 1.28 bits per heavy atom. The zero-order valence-corrected chi connectivity index (χ0v) is 64.1. The van der Waals surface area contributed by atoms with E-state index in [-0.39, 0.29) is 22.9 Å². The fraction of sp³-hybridized carbons (Fsp3) is 0.212. The van der Waals surface area contributed by atoms with Gasteiger partial charge in [0.25, 0.3) is 0 Å². The lowest BCUT2D eigenvalue weighted by atomic mass is 9.74. The van der Waals surface area contributed by atoms with Crippen molar-refractivity contribution >= 4 is 85.8 Å². The first-order valence-electron chi connectivity index (χ1n) is 37.9. The second kappa shape index (κ2) is 26.4. The van der Waals surface area contributed by atoms with Crippen molar-refractivity contribution in [3.63, 3.8) is 0 Å². The van der Waals surface area contributed by atoms with Crippen molar-refractivity contribution in [3.8, 4) is 67.1 Å². The molecule has 109 heavy (non-hydrogen) atoms. The predicted molar refractivity (Wildman–Crippen MR) is 455 cm³/mol. The van der Waals surface area contributed by atoms with Crippen LogP contribution in [0.15, 0.2) is 301 Å². The van der Waals surface area contributed by atoms with Gasteiger partial charge in [0.2, 0.25) is 0 Å². The summed E-state index contributed by atoms with van der Waals surface area (Å²) in [5.41, 5.74) is 21.0. The van der Waals surface area contributed by atoms with Crippen LogP contribution in [0.2, 0.25) is 0 Å². The van der Waals surface area contributed by atoms with Gasteiger partial charge >= 0.3 is 0 Å². The second-order valence-corrected chi connectivity index (χ2v) is 32.1. The maximum atomic E-state index is 6.73. The van der Waals surface area contributed by atoms with E-state index in [0.717, 1.165) is 73.5 Å². The van der Waals surface area contributed by atoms with Gasteiger partial charge in [-0.1, -0.05) is 231 Å². The minimum atomic E-state index is -0.923. The van der Waals surface area contributed by atoms with Gasteiger partial charge in [-0.05, 0) is 263 Å². The summed E-state index contributed by atoms with van der Waals surface area (Å²) in [7, 11) is 28.8. The van der Waals surface area contributed by atoms with Crippen molar-refractivity contribution in [2.24, 2.45) is 0 Å². The van der Waals surface area contributed by atoms with Crippen LogP contribution in [0.25, 0.3) is 98.7 Å². The summed E-state index contributed by atoms with van der Waals surface area (Å²) < 4.78 is 31.1. The molecule has 8 radical (unpaired) electrons. The third-order valence-corrected chi connectivity index (χ3v) is 23.9. The van der Waals surface area contributed by atoms with Crippen molar-refractivity contribution in [2.45, 2.75) is 127 Å². The Bertz CT molecular complexity index is 6020. The lowest BCUT2D eigenvalue weighted by Gasteiger charge is -2.31. The van der Waals surface area contributed by atoms with Crippen molar-refractivity contribution in [2.75, 3.05) is 11.9 Å². The Kier molecular flexibility index (Phi) is 17.3. The van der Waals surface area contributed by atoms with Gasteiger partial charge in [0.15, 0.2) is 0 Å². The fourth-order valence-electron chi connectivity index (χ4n) is 17.2. The third kappa shape index (κ3) is 12.4. The highest BCUT2D eigenvalue weighted by atomic mass is 16.5. The van der Waals surface area contributed by atoms with Gasteiger partial charge in [-0.25, -0.2) is 0 Å². The predicted octanol–water partition coefficient (Wildman–Crippen LogP) is 23.7. The smallest absolute Gasteiger partial charge is 0.135 e. The van der Waals surface area contributed by atoms with Gasteiger partial charge < -0.3 is 28.6 Å². The van der Waals surface area contributed by atoms with Gasteiger partial charge in [-0.15, -0.1) is 0 Å². The van der Waals surface area contributed by atoms with Crippen LogP contribution in [0.4, 0.5) is 11.4 Å². The third-order valence-electron chi connectivity index (χ3n) is 23.9. The molecule has 6 nitrogen and oxygen atoms in total. The second-order valence-electron chi connectivity index (χ2n) is 32.1. The number of para-hydroxylation sites is 1. The Labute approximate surface area is 646 Å². The maximum absolute atomic E-state index is 6.73. The summed E-state index contributed by atoms with van der Waals surface area (Å²) in [5, 5.41) is 9.84. The first-order valence-corrected chi connectivity index (χ1v) is 37.9. The molecule has 528 valence electrons. The van der Waals surface area contributed by atoms with Crippen LogP contribution in [-0.2, 0) is 47.4 Å². The molecule has 7 aliphatic rings. The molecular formula is C99H85B4NO5. The molecule has 0 spiro atoms. The molecule has 6 aliphatic heterocycles. The molecule has 20 rings (SSSR count). The van der Waals surface area contributed by atoms with Crippen molar-refractivity contribution in [3.05, 3.63) is 335 Å². The maximum Gasteiger partial charge on any atom is 0.135 e. The summed E-state index contributed by atoms with van der Waals surface area (Å²) in [6.07, 6.45) is 9.14. The highest BCUT2D eigenvalue weighted by molar-refractivity contribution is 6.26. The topological polar surface area (TPSA) is 49.4 Å². The molecule has 5 unspecified atom stereocenters. The van der Waals surface area contributed by atoms with Gasteiger partial charge in [0.1, 0.15) is 42.9 Å². The van der Waals surface area contributed by atoms with E-state index in [1.165, 1.54) is 110 Å². The molecule has 13 aromatic carbocycles. The number of fused-ring (bicyclic) bond motifs is 18.